The molecule has 0 radical (unpaired) electrons. The van der Waals surface area contributed by atoms with Crippen molar-refractivity contribution in [2.75, 3.05) is 6.61 Å². The maximum atomic E-state index is 12.3. The van der Waals surface area contributed by atoms with E-state index in [-0.39, 0.29) is 5.97 Å². The summed E-state index contributed by atoms with van der Waals surface area (Å²) in [6.07, 6.45) is 3.46. The van der Waals surface area contributed by atoms with Crippen molar-refractivity contribution in [3.63, 3.8) is 0 Å². The molecule has 0 saturated heterocycles. The summed E-state index contributed by atoms with van der Waals surface area (Å²) in [7, 11) is 0. The van der Waals surface area contributed by atoms with Crippen molar-refractivity contribution < 1.29 is 9.53 Å². The summed E-state index contributed by atoms with van der Waals surface area (Å²) in [5.41, 5.74) is 7.18. The van der Waals surface area contributed by atoms with Crippen molar-refractivity contribution in [3.05, 3.63) is 70.4 Å². The molecule has 1 aliphatic rings. The maximum Gasteiger partial charge on any atom is 0.338 e. The Balaban J connectivity index is 1.89. The van der Waals surface area contributed by atoms with E-state index in [2.05, 4.69) is 35.8 Å². The van der Waals surface area contributed by atoms with E-state index in [1.807, 2.05) is 25.1 Å². The van der Waals surface area contributed by atoms with E-state index in [4.69, 9.17) is 4.74 Å². The Morgan fingerprint density at radius 1 is 1.16 bits per heavy atom. The van der Waals surface area contributed by atoms with E-state index in [9.17, 15) is 4.79 Å². The van der Waals surface area contributed by atoms with E-state index in [1.165, 1.54) is 34.2 Å². The minimum absolute atomic E-state index is 0.236. The van der Waals surface area contributed by atoms with Crippen molar-refractivity contribution in [1.29, 1.82) is 0 Å². The van der Waals surface area contributed by atoms with Gasteiger partial charge in [0.1, 0.15) is 0 Å². The molecular weight excluding hydrogens is 310 g/mol. The number of fused-ring (bicyclic) bond motifs is 3. The van der Waals surface area contributed by atoms with Crippen LogP contribution in [0, 0.1) is 6.92 Å². The highest BCUT2D eigenvalue weighted by atomic mass is 16.5. The Bertz CT molecular complexity index is 938. The number of rotatable bonds is 4. The third kappa shape index (κ3) is 2.74. The summed E-state index contributed by atoms with van der Waals surface area (Å²) in [5.74, 6) is -0.236. The molecule has 0 N–H and O–H groups in total. The van der Waals surface area contributed by atoms with Crippen LogP contribution in [0.2, 0.25) is 0 Å². The van der Waals surface area contributed by atoms with Crippen molar-refractivity contribution in [2.24, 2.45) is 0 Å². The lowest BCUT2D eigenvalue weighted by Gasteiger charge is -2.11. The smallest absolute Gasteiger partial charge is 0.338 e. The van der Waals surface area contributed by atoms with E-state index < -0.39 is 0 Å². The van der Waals surface area contributed by atoms with Crippen LogP contribution in [0.3, 0.4) is 0 Å². The predicted octanol–water partition coefficient (Wildman–Crippen LogP) is 4.66. The molecule has 25 heavy (non-hydrogen) atoms. The molecule has 0 bridgehead atoms. The van der Waals surface area contributed by atoms with Gasteiger partial charge >= 0.3 is 5.97 Å². The largest absolute Gasteiger partial charge is 0.462 e. The number of aromatic nitrogens is 1. The van der Waals surface area contributed by atoms with E-state index in [0.717, 1.165) is 24.9 Å². The zero-order valence-electron chi connectivity index (χ0n) is 14.8. The second-order valence-electron chi connectivity index (χ2n) is 6.76. The molecule has 3 nitrogen and oxygen atoms in total. The zero-order chi connectivity index (χ0) is 17.4. The topological polar surface area (TPSA) is 31.2 Å². The van der Waals surface area contributed by atoms with Gasteiger partial charge in [0.2, 0.25) is 0 Å². The molecule has 0 spiro atoms. The first-order valence-electron chi connectivity index (χ1n) is 9.04. The molecule has 3 aromatic rings. The molecule has 0 atom stereocenters. The molecule has 4 rings (SSSR count). The maximum absolute atomic E-state index is 12.3. The van der Waals surface area contributed by atoms with Gasteiger partial charge in [-0.3, -0.25) is 0 Å². The zero-order valence-corrected chi connectivity index (χ0v) is 14.8. The van der Waals surface area contributed by atoms with Crippen molar-refractivity contribution in [1.82, 2.24) is 4.57 Å². The summed E-state index contributed by atoms with van der Waals surface area (Å²) in [4.78, 5) is 12.3. The molecule has 128 valence electrons. The molecule has 1 heterocycles. The van der Waals surface area contributed by atoms with Crippen LogP contribution >= 0.6 is 0 Å². The number of hydrogen-bond acceptors (Lipinski definition) is 2. The number of esters is 1. The van der Waals surface area contributed by atoms with Gasteiger partial charge < -0.3 is 9.30 Å². The third-order valence-corrected chi connectivity index (χ3v) is 5.12. The number of ether oxygens (including phenoxy) is 1. The van der Waals surface area contributed by atoms with Crippen LogP contribution in [-0.2, 0) is 24.1 Å². The van der Waals surface area contributed by atoms with Gasteiger partial charge in [0.05, 0.1) is 12.2 Å². The molecule has 2 aromatic carbocycles. The van der Waals surface area contributed by atoms with Crippen LogP contribution in [0.15, 0.2) is 42.5 Å². The average molecular weight is 333 g/mol. The van der Waals surface area contributed by atoms with Gasteiger partial charge in [-0.15, -0.1) is 0 Å². The number of nitrogens with zero attached hydrogens (tertiary/aromatic N) is 1. The molecule has 0 aliphatic heterocycles. The quantitative estimate of drug-likeness (QED) is 0.650. The first-order valence-corrected chi connectivity index (χ1v) is 9.04. The molecule has 0 fully saturated rings. The molecule has 0 amide bonds. The molecule has 0 saturated carbocycles. The first kappa shape index (κ1) is 15.9. The lowest BCUT2D eigenvalue weighted by atomic mass is 10.0. The number of carbonyl (C=O) groups excluding carboxylic acids is 1. The Morgan fingerprint density at radius 3 is 2.72 bits per heavy atom. The fourth-order valence-electron chi connectivity index (χ4n) is 4.09. The molecule has 1 aromatic heterocycles. The summed E-state index contributed by atoms with van der Waals surface area (Å²) < 4.78 is 7.62. The highest BCUT2D eigenvalue weighted by Gasteiger charge is 2.24. The minimum atomic E-state index is -0.236. The molecule has 0 unspecified atom stereocenters. The number of aryl methyl sites for hydroxylation is 2. The normalized spacial score (nSPS) is 13.2. The van der Waals surface area contributed by atoms with Gasteiger partial charge in [-0.25, -0.2) is 4.79 Å². The number of hydrogen-bond donors (Lipinski definition) is 0. The van der Waals surface area contributed by atoms with Gasteiger partial charge in [-0.05, 0) is 61.9 Å². The highest BCUT2D eigenvalue weighted by Crippen LogP contribution is 2.36. The summed E-state index contributed by atoms with van der Waals surface area (Å²) in [6, 6.07) is 14.5. The molecule has 3 heteroatoms. The SMILES string of the molecule is CCOC(=O)c1cc(C)c2c3c(n(Cc4ccccc4)c2c1)CCC3. The average Bonchev–Trinajstić information content (AvgIpc) is 3.18. The summed E-state index contributed by atoms with van der Waals surface area (Å²) in [6.45, 7) is 5.20. The van der Waals surface area contributed by atoms with Crippen LogP contribution in [0.5, 0.6) is 0 Å². The Morgan fingerprint density at radius 2 is 1.96 bits per heavy atom. The van der Waals surface area contributed by atoms with Crippen LogP contribution in [0.4, 0.5) is 0 Å². The lowest BCUT2D eigenvalue weighted by Crippen LogP contribution is -2.07. The molecule has 1 aliphatic carbocycles. The van der Waals surface area contributed by atoms with Gasteiger partial charge in [-0.1, -0.05) is 30.3 Å². The Kier molecular flexibility index (Phi) is 4.08. The van der Waals surface area contributed by atoms with Crippen molar-refractivity contribution in [2.45, 2.75) is 39.7 Å². The van der Waals surface area contributed by atoms with E-state index in [0.29, 0.717) is 12.2 Å². The van der Waals surface area contributed by atoms with E-state index >= 15 is 0 Å². The highest BCUT2D eigenvalue weighted by molar-refractivity contribution is 5.98. The summed E-state index contributed by atoms with van der Waals surface area (Å²) in [5, 5.41) is 1.33. The second kappa shape index (κ2) is 6.40. The van der Waals surface area contributed by atoms with Crippen molar-refractivity contribution >= 4 is 16.9 Å². The lowest BCUT2D eigenvalue weighted by molar-refractivity contribution is 0.0526. The standard InChI is InChI=1S/C22H23NO2/c1-3-25-22(24)17-12-15(2)21-18-10-7-11-19(18)23(20(21)13-17)14-16-8-5-4-6-9-16/h4-6,8-9,12-13H,3,7,10-11,14H2,1-2H3. The van der Waals surface area contributed by atoms with Crippen molar-refractivity contribution in [3.8, 4) is 0 Å². The van der Waals surface area contributed by atoms with Gasteiger partial charge in [-0.2, -0.15) is 0 Å². The number of benzene rings is 2. The fraction of sp³-hybridized carbons (Fsp3) is 0.318. The van der Waals surface area contributed by atoms with Gasteiger partial charge in [0.15, 0.2) is 0 Å². The monoisotopic (exact) mass is 333 g/mol. The fourth-order valence-corrected chi connectivity index (χ4v) is 4.09. The third-order valence-electron chi connectivity index (χ3n) is 5.12. The number of carbonyl (C=O) groups is 1. The first-order chi connectivity index (χ1) is 12.2. The van der Waals surface area contributed by atoms with Crippen LogP contribution in [0.1, 0.15) is 46.1 Å². The Labute approximate surface area is 148 Å². The van der Waals surface area contributed by atoms with Crippen LogP contribution in [0.25, 0.3) is 10.9 Å². The summed E-state index contributed by atoms with van der Waals surface area (Å²) >= 11 is 0. The van der Waals surface area contributed by atoms with Gasteiger partial charge in [0, 0.05) is 23.1 Å². The predicted molar refractivity (Wildman–Crippen MR) is 100 cm³/mol. The molecular formula is C22H23NO2. The minimum Gasteiger partial charge on any atom is -0.462 e. The second-order valence-corrected chi connectivity index (χ2v) is 6.76. The van der Waals surface area contributed by atoms with Crippen LogP contribution in [-0.4, -0.2) is 17.1 Å². The van der Waals surface area contributed by atoms with E-state index in [1.54, 1.807) is 0 Å². The Hall–Kier alpha value is -2.55. The van der Waals surface area contributed by atoms with Gasteiger partial charge in [0.25, 0.3) is 0 Å². The van der Waals surface area contributed by atoms with Crippen LogP contribution < -0.4 is 0 Å².